The molecule has 2 atom stereocenters. The summed E-state index contributed by atoms with van der Waals surface area (Å²) >= 11 is 3.32. The van der Waals surface area contributed by atoms with Crippen LogP contribution in [0.5, 0.6) is 0 Å². The third kappa shape index (κ3) is 3.11. The molecular formula is C14H19BrFNO. The highest BCUT2D eigenvalue weighted by Gasteiger charge is 2.36. The van der Waals surface area contributed by atoms with Crippen LogP contribution in [0.4, 0.5) is 4.39 Å². The Morgan fingerprint density at radius 1 is 1.50 bits per heavy atom. The Hall–Kier alpha value is -0.450. The molecule has 0 aromatic heterocycles. The van der Waals surface area contributed by atoms with E-state index in [1.807, 2.05) is 13.1 Å². The highest BCUT2D eigenvalue weighted by molar-refractivity contribution is 9.10. The second-order valence-corrected chi connectivity index (χ2v) is 5.64. The molecule has 0 spiro atoms. The van der Waals surface area contributed by atoms with Crippen molar-refractivity contribution in [2.45, 2.75) is 31.4 Å². The molecule has 1 aliphatic rings. The third-order valence-electron chi connectivity index (χ3n) is 3.60. The largest absolute Gasteiger partial charge is 0.380 e. The van der Waals surface area contributed by atoms with Gasteiger partial charge in [0.2, 0.25) is 0 Å². The predicted octanol–water partition coefficient (Wildman–Crippen LogP) is 3.14. The molecular weight excluding hydrogens is 297 g/mol. The topological polar surface area (TPSA) is 21.3 Å². The highest BCUT2D eigenvalue weighted by Crippen LogP contribution is 2.36. The van der Waals surface area contributed by atoms with Crippen LogP contribution in [0.15, 0.2) is 22.7 Å². The molecule has 1 saturated carbocycles. The zero-order valence-corrected chi connectivity index (χ0v) is 12.3. The van der Waals surface area contributed by atoms with Gasteiger partial charge in [-0.1, -0.05) is 12.1 Å². The molecule has 0 aliphatic heterocycles. The van der Waals surface area contributed by atoms with Crippen molar-refractivity contribution in [3.05, 3.63) is 34.1 Å². The van der Waals surface area contributed by atoms with Gasteiger partial charge in [-0.15, -0.1) is 0 Å². The van der Waals surface area contributed by atoms with Crippen molar-refractivity contribution in [3.8, 4) is 0 Å². The fraction of sp³-hybridized carbons (Fsp3) is 0.571. The summed E-state index contributed by atoms with van der Waals surface area (Å²) < 4.78 is 19.7. The maximum absolute atomic E-state index is 13.5. The molecule has 1 N–H and O–H groups in total. The van der Waals surface area contributed by atoms with Gasteiger partial charge in [0, 0.05) is 13.2 Å². The molecule has 1 fully saturated rings. The predicted molar refractivity (Wildman–Crippen MR) is 74.2 cm³/mol. The SMILES string of the molecule is CNC(Cc1cccc(F)c1Br)C(OC)C1CC1. The summed E-state index contributed by atoms with van der Waals surface area (Å²) in [6.45, 7) is 0. The van der Waals surface area contributed by atoms with Crippen molar-refractivity contribution in [2.75, 3.05) is 14.2 Å². The third-order valence-corrected chi connectivity index (χ3v) is 4.49. The number of rotatable bonds is 6. The van der Waals surface area contributed by atoms with Gasteiger partial charge >= 0.3 is 0 Å². The molecule has 1 aliphatic carbocycles. The van der Waals surface area contributed by atoms with E-state index in [2.05, 4.69) is 21.2 Å². The highest BCUT2D eigenvalue weighted by atomic mass is 79.9. The summed E-state index contributed by atoms with van der Waals surface area (Å²) in [4.78, 5) is 0. The van der Waals surface area contributed by atoms with Gasteiger partial charge in [-0.3, -0.25) is 0 Å². The van der Waals surface area contributed by atoms with E-state index < -0.39 is 0 Å². The monoisotopic (exact) mass is 315 g/mol. The average molecular weight is 316 g/mol. The number of likely N-dealkylation sites (N-methyl/N-ethyl adjacent to an activating group) is 1. The number of hydrogen-bond donors (Lipinski definition) is 1. The standard InChI is InChI=1S/C14H19BrFNO/c1-17-12(14(18-2)9-6-7-9)8-10-4-3-5-11(16)13(10)15/h3-5,9,12,14,17H,6-8H2,1-2H3. The molecule has 0 radical (unpaired) electrons. The molecule has 4 heteroatoms. The molecule has 0 bridgehead atoms. The lowest BCUT2D eigenvalue weighted by Crippen LogP contribution is -2.42. The minimum absolute atomic E-state index is 0.206. The summed E-state index contributed by atoms with van der Waals surface area (Å²) in [5.74, 6) is 0.447. The van der Waals surface area contributed by atoms with Crippen molar-refractivity contribution in [2.24, 2.45) is 5.92 Å². The van der Waals surface area contributed by atoms with Crippen LogP contribution in [0.3, 0.4) is 0 Å². The molecule has 2 nitrogen and oxygen atoms in total. The Morgan fingerprint density at radius 2 is 2.22 bits per heavy atom. The number of benzene rings is 1. The normalized spacial score (nSPS) is 18.7. The van der Waals surface area contributed by atoms with Crippen LogP contribution in [0.2, 0.25) is 0 Å². The average Bonchev–Trinajstić information content (AvgIpc) is 3.18. The summed E-state index contributed by atoms with van der Waals surface area (Å²) in [5, 5.41) is 3.30. The number of nitrogens with one attached hydrogen (secondary N) is 1. The molecule has 1 aromatic rings. The Kier molecular flexibility index (Phi) is 4.76. The maximum Gasteiger partial charge on any atom is 0.137 e. The summed E-state index contributed by atoms with van der Waals surface area (Å²) in [7, 11) is 3.69. The van der Waals surface area contributed by atoms with E-state index in [0.29, 0.717) is 10.4 Å². The van der Waals surface area contributed by atoms with Crippen LogP contribution in [-0.2, 0) is 11.2 Å². The van der Waals surface area contributed by atoms with Crippen LogP contribution in [0.1, 0.15) is 18.4 Å². The van der Waals surface area contributed by atoms with Crippen molar-refractivity contribution < 1.29 is 9.13 Å². The summed E-state index contributed by atoms with van der Waals surface area (Å²) in [5.41, 5.74) is 0.983. The second-order valence-electron chi connectivity index (χ2n) is 4.85. The smallest absolute Gasteiger partial charge is 0.137 e. The Labute approximate surface area is 116 Å². The summed E-state index contributed by atoms with van der Waals surface area (Å²) in [6, 6.07) is 5.40. The van der Waals surface area contributed by atoms with Crippen LogP contribution < -0.4 is 5.32 Å². The lowest BCUT2D eigenvalue weighted by molar-refractivity contribution is 0.0533. The van der Waals surface area contributed by atoms with Crippen molar-refractivity contribution in [1.29, 1.82) is 0 Å². The lowest BCUT2D eigenvalue weighted by atomic mass is 9.98. The van der Waals surface area contributed by atoms with E-state index in [0.717, 1.165) is 12.0 Å². The fourth-order valence-corrected chi connectivity index (χ4v) is 2.86. The minimum atomic E-state index is -0.206. The minimum Gasteiger partial charge on any atom is -0.380 e. The van der Waals surface area contributed by atoms with Crippen LogP contribution in [0.25, 0.3) is 0 Å². The molecule has 0 amide bonds. The zero-order chi connectivity index (χ0) is 13.1. The van der Waals surface area contributed by atoms with Gasteiger partial charge in [-0.25, -0.2) is 4.39 Å². The van der Waals surface area contributed by atoms with Gasteiger partial charge in [-0.2, -0.15) is 0 Å². The first-order chi connectivity index (χ1) is 8.67. The van der Waals surface area contributed by atoms with E-state index in [1.54, 1.807) is 13.2 Å². The number of hydrogen-bond acceptors (Lipinski definition) is 2. The van der Waals surface area contributed by atoms with Gasteiger partial charge in [0.1, 0.15) is 5.82 Å². The van der Waals surface area contributed by atoms with Crippen LogP contribution in [-0.4, -0.2) is 26.3 Å². The first-order valence-electron chi connectivity index (χ1n) is 6.30. The maximum atomic E-state index is 13.5. The Morgan fingerprint density at radius 3 is 2.78 bits per heavy atom. The molecule has 2 rings (SSSR count). The number of methoxy groups -OCH3 is 1. The Balaban J connectivity index is 2.11. The molecule has 100 valence electrons. The summed E-state index contributed by atoms with van der Waals surface area (Å²) in [6.07, 6.45) is 3.46. The van der Waals surface area contributed by atoms with Crippen LogP contribution in [0, 0.1) is 11.7 Å². The van der Waals surface area contributed by atoms with Gasteiger partial charge < -0.3 is 10.1 Å². The van der Waals surface area contributed by atoms with E-state index in [1.165, 1.54) is 18.9 Å². The van der Waals surface area contributed by atoms with Crippen molar-refractivity contribution >= 4 is 15.9 Å². The van der Waals surface area contributed by atoms with E-state index >= 15 is 0 Å². The first kappa shape index (κ1) is 14.0. The molecule has 2 unspecified atom stereocenters. The van der Waals surface area contributed by atoms with Gasteiger partial charge in [0.25, 0.3) is 0 Å². The first-order valence-corrected chi connectivity index (χ1v) is 7.09. The van der Waals surface area contributed by atoms with E-state index in [4.69, 9.17) is 4.74 Å². The van der Waals surface area contributed by atoms with Gasteiger partial charge in [0.15, 0.2) is 0 Å². The van der Waals surface area contributed by atoms with Crippen molar-refractivity contribution in [3.63, 3.8) is 0 Å². The van der Waals surface area contributed by atoms with Crippen LogP contribution >= 0.6 is 15.9 Å². The quantitative estimate of drug-likeness (QED) is 0.870. The second kappa shape index (κ2) is 6.13. The van der Waals surface area contributed by atoms with Gasteiger partial charge in [-0.05, 0) is 59.8 Å². The van der Waals surface area contributed by atoms with Gasteiger partial charge in [0.05, 0.1) is 10.6 Å². The molecule has 1 aromatic carbocycles. The van der Waals surface area contributed by atoms with E-state index in [9.17, 15) is 4.39 Å². The molecule has 0 heterocycles. The lowest BCUT2D eigenvalue weighted by Gasteiger charge is -2.26. The van der Waals surface area contributed by atoms with Crippen molar-refractivity contribution in [1.82, 2.24) is 5.32 Å². The fourth-order valence-electron chi connectivity index (χ4n) is 2.44. The number of halogens is 2. The van der Waals surface area contributed by atoms with E-state index in [-0.39, 0.29) is 18.0 Å². The molecule has 0 saturated heterocycles. The number of ether oxygens (including phenoxy) is 1. The zero-order valence-electron chi connectivity index (χ0n) is 10.7. The molecule has 18 heavy (non-hydrogen) atoms. The Bertz CT molecular complexity index is 409.